The van der Waals surface area contributed by atoms with Crippen molar-refractivity contribution in [2.75, 3.05) is 6.54 Å². The first-order valence-corrected chi connectivity index (χ1v) is 10.1. The van der Waals surface area contributed by atoms with E-state index < -0.39 is 0 Å². The second kappa shape index (κ2) is 9.45. The summed E-state index contributed by atoms with van der Waals surface area (Å²) >= 11 is 0. The van der Waals surface area contributed by atoms with Gasteiger partial charge < -0.3 is 9.88 Å². The van der Waals surface area contributed by atoms with Gasteiger partial charge in [-0.25, -0.2) is 4.98 Å². The molecule has 0 aliphatic rings. The normalized spacial score (nSPS) is 11.5. The zero-order valence-electron chi connectivity index (χ0n) is 18.0. The Morgan fingerprint density at radius 2 is 1.72 bits per heavy atom. The van der Waals surface area contributed by atoms with Crippen molar-refractivity contribution in [3.05, 3.63) is 65.5 Å². The predicted molar refractivity (Wildman–Crippen MR) is 123 cm³/mol. The first-order chi connectivity index (χ1) is 13.3. The van der Waals surface area contributed by atoms with Crippen LogP contribution in [0.25, 0.3) is 11.0 Å². The molecule has 0 aliphatic heterocycles. The van der Waals surface area contributed by atoms with Crippen LogP contribution in [0.5, 0.6) is 0 Å². The molecule has 2 aromatic carbocycles. The Morgan fingerprint density at radius 1 is 1.07 bits per heavy atom. The van der Waals surface area contributed by atoms with E-state index in [9.17, 15) is 4.79 Å². The van der Waals surface area contributed by atoms with Gasteiger partial charge in [-0.15, -0.1) is 12.4 Å². The van der Waals surface area contributed by atoms with Crippen LogP contribution in [-0.4, -0.2) is 22.0 Å². The number of amides is 1. The number of para-hydroxylation sites is 2. The van der Waals surface area contributed by atoms with Gasteiger partial charge in [0.15, 0.2) is 0 Å². The van der Waals surface area contributed by atoms with Crippen molar-refractivity contribution in [1.82, 2.24) is 14.9 Å². The molecular formula is C24H32ClN3O. The highest BCUT2D eigenvalue weighted by Crippen LogP contribution is 2.20. The van der Waals surface area contributed by atoms with Crippen LogP contribution in [0.2, 0.25) is 0 Å². The molecule has 29 heavy (non-hydrogen) atoms. The first kappa shape index (κ1) is 23.0. The van der Waals surface area contributed by atoms with E-state index >= 15 is 0 Å². The SMILES string of the molecule is CC(C)c1ccc(Cn2c(CCNC(=O)C(C)(C)C)nc3ccccc32)cc1.Cl. The highest BCUT2D eigenvalue weighted by atomic mass is 35.5. The number of halogens is 1. The number of hydrogen-bond acceptors (Lipinski definition) is 2. The number of nitrogens with zero attached hydrogens (tertiary/aromatic N) is 2. The first-order valence-electron chi connectivity index (χ1n) is 10.1. The van der Waals surface area contributed by atoms with Crippen LogP contribution in [0.4, 0.5) is 0 Å². The fourth-order valence-corrected chi connectivity index (χ4v) is 3.24. The third kappa shape index (κ3) is 5.60. The van der Waals surface area contributed by atoms with Crippen LogP contribution >= 0.6 is 12.4 Å². The number of aromatic nitrogens is 2. The minimum absolute atomic E-state index is 0. The fourth-order valence-electron chi connectivity index (χ4n) is 3.24. The Kier molecular flexibility index (Phi) is 7.48. The number of carbonyl (C=O) groups excluding carboxylic acids is 1. The van der Waals surface area contributed by atoms with Gasteiger partial charge in [0.1, 0.15) is 5.82 Å². The van der Waals surface area contributed by atoms with Crippen LogP contribution in [-0.2, 0) is 17.8 Å². The van der Waals surface area contributed by atoms with Gasteiger partial charge in [0, 0.05) is 24.9 Å². The molecule has 1 amide bonds. The lowest BCUT2D eigenvalue weighted by Gasteiger charge is -2.17. The van der Waals surface area contributed by atoms with E-state index in [-0.39, 0.29) is 23.7 Å². The molecule has 3 aromatic rings. The van der Waals surface area contributed by atoms with Gasteiger partial charge in [0.05, 0.1) is 11.0 Å². The summed E-state index contributed by atoms with van der Waals surface area (Å²) in [6, 6.07) is 17.1. The molecule has 0 bridgehead atoms. The Labute approximate surface area is 180 Å². The maximum atomic E-state index is 12.2. The molecule has 156 valence electrons. The average molecular weight is 414 g/mol. The average Bonchev–Trinajstić information content (AvgIpc) is 2.99. The van der Waals surface area contributed by atoms with Crippen molar-refractivity contribution in [2.24, 2.45) is 5.41 Å². The number of imidazole rings is 1. The van der Waals surface area contributed by atoms with Gasteiger partial charge in [-0.3, -0.25) is 4.79 Å². The van der Waals surface area contributed by atoms with Crippen molar-refractivity contribution < 1.29 is 4.79 Å². The van der Waals surface area contributed by atoms with E-state index in [4.69, 9.17) is 4.98 Å². The molecule has 5 heteroatoms. The molecule has 0 fully saturated rings. The van der Waals surface area contributed by atoms with Crippen LogP contribution in [0.1, 0.15) is 57.5 Å². The van der Waals surface area contributed by atoms with Gasteiger partial charge in [0.2, 0.25) is 5.91 Å². The molecule has 0 aliphatic carbocycles. The van der Waals surface area contributed by atoms with Gasteiger partial charge in [-0.05, 0) is 29.2 Å². The monoisotopic (exact) mass is 413 g/mol. The third-order valence-corrected chi connectivity index (χ3v) is 5.04. The molecule has 0 saturated heterocycles. The summed E-state index contributed by atoms with van der Waals surface area (Å²) in [6.45, 7) is 11.6. The van der Waals surface area contributed by atoms with Crippen LogP contribution < -0.4 is 5.32 Å². The lowest BCUT2D eigenvalue weighted by Crippen LogP contribution is -2.36. The molecule has 1 aromatic heterocycles. The van der Waals surface area contributed by atoms with E-state index in [2.05, 4.69) is 54.1 Å². The Morgan fingerprint density at radius 3 is 2.34 bits per heavy atom. The quantitative estimate of drug-likeness (QED) is 0.593. The standard InChI is InChI=1S/C24H31N3O.ClH/c1-17(2)19-12-10-18(11-13-19)16-27-21-9-7-6-8-20(21)26-22(27)14-15-25-23(28)24(3,4)5;/h6-13,17H,14-16H2,1-5H3,(H,25,28);1H. The third-order valence-electron chi connectivity index (χ3n) is 5.04. The highest BCUT2D eigenvalue weighted by Gasteiger charge is 2.20. The van der Waals surface area contributed by atoms with E-state index in [1.54, 1.807) is 0 Å². The Balaban J connectivity index is 0.00000300. The maximum Gasteiger partial charge on any atom is 0.225 e. The summed E-state index contributed by atoms with van der Waals surface area (Å²) in [4.78, 5) is 17.0. The molecule has 0 atom stereocenters. The summed E-state index contributed by atoms with van der Waals surface area (Å²) in [6.07, 6.45) is 0.709. The number of hydrogen-bond donors (Lipinski definition) is 1. The van der Waals surface area contributed by atoms with E-state index in [1.807, 2.05) is 39.0 Å². The van der Waals surface area contributed by atoms with E-state index in [0.29, 0.717) is 18.9 Å². The van der Waals surface area contributed by atoms with E-state index in [1.165, 1.54) is 11.1 Å². The number of rotatable bonds is 6. The summed E-state index contributed by atoms with van der Waals surface area (Å²) in [5.41, 5.74) is 4.36. The van der Waals surface area contributed by atoms with Crippen molar-refractivity contribution >= 4 is 29.3 Å². The zero-order chi connectivity index (χ0) is 20.3. The highest BCUT2D eigenvalue weighted by molar-refractivity contribution is 5.85. The summed E-state index contributed by atoms with van der Waals surface area (Å²) in [5.74, 6) is 1.60. The molecule has 0 radical (unpaired) electrons. The minimum atomic E-state index is -0.377. The largest absolute Gasteiger partial charge is 0.355 e. The molecule has 3 rings (SSSR count). The van der Waals surface area contributed by atoms with Crippen molar-refractivity contribution in [1.29, 1.82) is 0 Å². The van der Waals surface area contributed by atoms with Gasteiger partial charge in [-0.1, -0.05) is 71.0 Å². The summed E-state index contributed by atoms with van der Waals surface area (Å²) in [7, 11) is 0. The molecule has 1 N–H and O–H groups in total. The van der Waals surface area contributed by atoms with Gasteiger partial charge in [0.25, 0.3) is 0 Å². The lowest BCUT2D eigenvalue weighted by molar-refractivity contribution is -0.128. The van der Waals surface area contributed by atoms with Crippen LogP contribution in [0.15, 0.2) is 48.5 Å². The molecule has 4 nitrogen and oxygen atoms in total. The smallest absolute Gasteiger partial charge is 0.225 e. The second-order valence-corrected chi connectivity index (χ2v) is 8.76. The topological polar surface area (TPSA) is 46.9 Å². The second-order valence-electron chi connectivity index (χ2n) is 8.76. The number of carbonyl (C=O) groups is 1. The summed E-state index contributed by atoms with van der Waals surface area (Å²) < 4.78 is 2.27. The molecule has 0 spiro atoms. The summed E-state index contributed by atoms with van der Waals surface area (Å²) in [5, 5.41) is 3.03. The van der Waals surface area contributed by atoms with Crippen molar-refractivity contribution in [3.63, 3.8) is 0 Å². The van der Waals surface area contributed by atoms with Crippen LogP contribution in [0, 0.1) is 5.41 Å². The molecular weight excluding hydrogens is 382 g/mol. The van der Waals surface area contributed by atoms with Gasteiger partial charge >= 0.3 is 0 Å². The lowest BCUT2D eigenvalue weighted by atomic mass is 9.96. The maximum absolute atomic E-state index is 12.2. The molecule has 0 saturated carbocycles. The Bertz CT molecular complexity index is 952. The fraction of sp³-hybridized carbons (Fsp3) is 0.417. The van der Waals surface area contributed by atoms with Crippen molar-refractivity contribution in [3.8, 4) is 0 Å². The van der Waals surface area contributed by atoms with E-state index in [0.717, 1.165) is 23.4 Å². The van der Waals surface area contributed by atoms with Gasteiger partial charge in [-0.2, -0.15) is 0 Å². The van der Waals surface area contributed by atoms with Crippen LogP contribution in [0.3, 0.4) is 0 Å². The number of benzene rings is 2. The molecule has 0 unspecified atom stereocenters. The zero-order valence-corrected chi connectivity index (χ0v) is 18.8. The number of nitrogens with one attached hydrogen (secondary N) is 1. The van der Waals surface area contributed by atoms with Crippen molar-refractivity contribution in [2.45, 2.75) is 53.5 Å². The molecule has 1 heterocycles. The predicted octanol–water partition coefficient (Wildman–Crippen LogP) is 5.33. The number of fused-ring (bicyclic) bond motifs is 1. The Hall–Kier alpha value is -2.33. The minimum Gasteiger partial charge on any atom is -0.355 e.